The lowest BCUT2D eigenvalue weighted by atomic mass is 10.3. The fourth-order valence-electron chi connectivity index (χ4n) is 1.16. The minimum absolute atomic E-state index is 0.133. The van der Waals surface area contributed by atoms with E-state index < -0.39 is 23.2 Å². The van der Waals surface area contributed by atoms with Gasteiger partial charge in [-0.2, -0.15) is 0 Å². The molecule has 0 fully saturated rings. The SMILES string of the molecule is COCCNC(=O)C(C)SC[C@H](NC(C)=O)C(=O)O. The Morgan fingerprint density at radius 1 is 1.37 bits per heavy atom. The normalized spacial score (nSPS) is 13.4. The summed E-state index contributed by atoms with van der Waals surface area (Å²) >= 11 is 1.17. The molecule has 0 heterocycles. The molecule has 0 saturated carbocycles. The minimum atomic E-state index is -1.12. The van der Waals surface area contributed by atoms with E-state index in [2.05, 4.69) is 10.6 Å². The largest absolute Gasteiger partial charge is 0.480 e. The van der Waals surface area contributed by atoms with E-state index in [0.29, 0.717) is 13.2 Å². The van der Waals surface area contributed by atoms with Gasteiger partial charge in [0.15, 0.2) is 0 Å². The number of methoxy groups -OCH3 is 1. The van der Waals surface area contributed by atoms with Crippen LogP contribution in [0.5, 0.6) is 0 Å². The molecule has 0 saturated heterocycles. The first kappa shape index (κ1) is 17.7. The molecule has 0 aliphatic rings. The van der Waals surface area contributed by atoms with Crippen LogP contribution in [0.1, 0.15) is 13.8 Å². The maximum absolute atomic E-state index is 11.6. The number of amides is 2. The molecule has 0 bridgehead atoms. The van der Waals surface area contributed by atoms with Gasteiger partial charge in [-0.25, -0.2) is 4.79 Å². The molecule has 0 aromatic heterocycles. The van der Waals surface area contributed by atoms with Crippen molar-refractivity contribution in [3.8, 4) is 0 Å². The molecular weight excluding hydrogens is 272 g/mol. The molecule has 3 N–H and O–H groups in total. The predicted molar refractivity (Wildman–Crippen MR) is 72.0 cm³/mol. The molecule has 0 aliphatic carbocycles. The molecule has 1 unspecified atom stereocenters. The van der Waals surface area contributed by atoms with Crippen molar-refractivity contribution in [3.63, 3.8) is 0 Å². The fourth-order valence-corrected chi connectivity index (χ4v) is 2.10. The summed E-state index contributed by atoms with van der Waals surface area (Å²) in [5.74, 6) is -1.58. The number of rotatable bonds is 9. The fraction of sp³-hybridized carbons (Fsp3) is 0.727. The van der Waals surface area contributed by atoms with Crippen LogP contribution in [-0.2, 0) is 19.1 Å². The molecule has 2 atom stereocenters. The summed E-state index contributed by atoms with van der Waals surface area (Å²) in [6.07, 6.45) is 0. The van der Waals surface area contributed by atoms with Crippen molar-refractivity contribution < 1.29 is 24.2 Å². The van der Waals surface area contributed by atoms with Gasteiger partial charge < -0.3 is 20.5 Å². The second-order valence-corrected chi connectivity index (χ2v) is 5.22. The van der Waals surface area contributed by atoms with Gasteiger partial charge in [-0.3, -0.25) is 9.59 Å². The Morgan fingerprint density at radius 3 is 2.47 bits per heavy atom. The maximum atomic E-state index is 11.6. The number of nitrogens with one attached hydrogen (secondary N) is 2. The van der Waals surface area contributed by atoms with Crippen molar-refractivity contribution in [2.45, 2.75) is 25.1 Å². The summed E-state index contributed by atoms with van der Waals surface area (Å²) < 4.78 is 4.80. The average Bonchev–Trinajstić information content (AvgIpc) is 2.33. The van der Waals surface area contributed by atoms with E-state index in [1.165, 1.54) is 25.8 Å². The number of thioether (sulfide) groups is 1. The van der Waals surface area contributed by atoms with Crippen LogP contribution in [0.2, 0.25) is 0 Å². The van der Waals surface area contributed by atoms with Crippen molar-refractivity contribution >= 4 is 29.5 Å². The Bertz CT molecular complexity index is 324. The summed E-state index contributed by atoms with van der Waals surface area (Å²) in [4.78, 5) is 33.3. The van der Waals surface area contributed by atoms with E-state index in [-0.39, 0.29) is 11.7 Å². The number of hydrogen-bond donors (Lipinski definition) is 3. The van der Waals surface area contributed by atoms with Gasteiger partial charge >= 0.3 is 5.97 Å². The van der Waals surface area contributed by atoms with Gasteiger partial charge in [-0.15, -0.1) is 11.8 Å². The first-order valence-corrected chi connectivity index (χ1v) is 6.81. The van der Waals surface area contributed by atoms with Crippen molar-refractivity contribution in [1.29, 1.82) is 0 Å². The van der Waals surface area contributed by atoms with E-state index in [1.54, 1.807) is 6.92 Å². The van der Waals surface area contributed by atoms with Gasteiger partial charge in [0.2, 0.25) is 11.8 Å². The zero-order valence-corrected chi connectivity index (χ0v) is 12.1. The number of carboxylic acids is 1. The smallest absolute Gasteiger partial charge is 0.327 e. The number of hydrogen-bond acceptors (Lipinski definition) is 5. The molecule has 0 aromatic carbocycles. The molecule has 0 aliphatic heterocycles. The third-order valence-corrected chi connectivity index (χ3v) is 3.40. The Morgan fingerprint density at radius 2 is 2.00 bits per heavy atom. The van der Waals surface area contributed by atoms with Crippen LogP contribution in [0, 0.1) is 0 Å². The number of carboxylic acid groups (broad SMARTS) is 1. The molecule has 7 nitrogen and oxygen atoms in total. The van der Waals surface area contributed by atoms with Crippen molar-refractivity contribution in [3.05, 3.63) is 0 Å². The van der Waals surface area contributed by atoms with Gasteiger partial charge in [-0.05, 0) is 6.92 Å². The Hall–Kier alpha value is -1.28. The zero-order valence-electron chi connectivity index (χ0n) is 11.3. The lowest BCUT2D eigenvalue weighted by molar-refractivity contribution is -0.140. The molecular formula is C11H20N2O5S. The molecule has 0 rings (SSSR count). The second kappa shape index (κ2) is 9.62. The van der Waals surface area contributed by atoms with Crippen LogP contribution >= 0.6 is 11.8 Å². The molecule has 0 spiro atoms. The standard InChI is InChI=1S/C11H20N2O5S/c1-7(10(15)12-4-5-18-3)19-6-9(11(16)17)13-8(2)14/h7,9H,4-6H2,1-3H3,(H,12,15)(H,13,14)(H,16,17)/t7?,9-/m0/s1. The summed E-state index contributed by atoms with van der Waals surface area (Å²) in [5, 5.41) is 13.5. The van der Waals surface area contributed by atoms with Gasteiger partial charge in [-0.1, -0.05) is 0 Å². The number of carbonyl (C=O) groups is 3. The zero-order chi connectivity index (χ0) is 14.8. The van der Waals surface area contributed by atoms with Gasteiger partial charge in [0, 0.05) is 26.3 Å². The summed E-state index contributed by atoms with van der Waals surface area (Å²) in [6.45, 7) is 3.77. The molecule has 110 valence electrons. The molecule has 0 aromatic rings. The van der Waals surface area contributed by atoms with E-state index >= 15 is 0 Å². The topological polar surface area (TPSA) is 105 Å². The van der Waals surface area contributed by atoms with Crippen LogP contribution in [-0.4, -0.2) is 60.2 Å². The lowest BCUT2D eigenvalue weighted by Crippen LogP contribution is -2.42. The van der Waals surface area contributed by atoms with Crippen molar-refractivity contribution in [1.82, 2.24) is 10.6 Å². The maximum Gasteiger partial charge on any atom is 0.327 e. The quantitative estimate of drug-likeness (QED) is 0.493. The highest BCUT2D eigenvalue weighted by Gasteiger charge is 2.21. The first-order valence-electron chi connectivity index (χ1n) is 5.76. The minimum Gasteiger partial charge on any atom is -0.480 e. The Kier molecular flexibility index (Phi) is 8.98. The van der Waals surface area contributed by atoms with Crippen LogP contribution in [0.3, 0.4) is 0 Å². The Balaban J connectivity index is 4.09. The molecule has 8 heteroatoms. The average molecular weight is 292 g/mol. The van der Waals surface area contributed by atoms with Crippen LogP contribution < -0.4 is 10.6 Å². The Labute approximate surface area is 116 Å². The highest BCUT2D eigenvalue weighted by Crippen LogP contribution is 2.12. The van der Waals surface area contributed by atoms with E-state index in [0.717, 1.165) is 0 Å². The summed E-state index contributed by atoms with van der Waals surface area (Å²) in [5.41, 5.74) is 0. The third kappa shape index (κ3) is 8.44. The number of carbonyl (C=O) groups excluding carboxylic acids is 2. The van der Waals surface area contributed by atoms with Gasteiger partial charge in [0.25, 0.3) is 0 Å². The highest BCUT2D eigenvalue weighted by atomic mass is 32.2. The van der Waals surface area contributed by atoms with Crippen molar-refractivity contribution in [2.24, 2.45) is 0 Å². The monoisotopic (exact) mass is 292 g/mol. The summed E-state index contributed by atoms with van der Waals surface area (Å²) in [7, 11) is 1.54. The van der Waals surface area contributed by atoms with Crippen LogP contribution in [0.25, 0.3) is 0 Å². The third-order valence-electron chi connectivity index (χ3n) is 2.16. The van der Waals surface area contributed by atoms with E-state index in [1.807, 2.05) is 0 Å². The molecule has 2 amide bonds. The number of aliphatic carboxylic acids is 1. The lowest BCUT2D eigenvalue weighted by Gasteiger charge is -2.16. The summed E-state index contributed by atoms with van der Waals surface area (Å²) in [6, 6.07) is -0.989. The van der Waals surface area contributed by atoms with Crippen LogP contribution in [0.4, 0.5) is 0 Å². The highest BCUT2D eigenvalue weighted by molar-refractivity contribution is 8.00. The van der Waals surface area contributed by atoms with Gasteiger partial charge in [0.1, 0.15) is 6.04 Å². The number of ether oxygens (including phenoxy) is 1. The van der Waals surface area contributed by atoms with Gasteiger partial charge in [0.05, 0.1) is 11.9 Å². The van der Waals surface area contributed by atoms with E-state index in [9.17, 15) is 14.4 Å². The van der Waals surface area contributed by atoms with E-state index in [4.69, 9.17) is 9.84 Å². The first-order chi connectivity index (χ1) is 8.88. The molecule has 0 radical (unpaired) electrons. The second-order valence-electron chi connectivity index (χ2n) is 3.85. The van der Waals surface area contributed by atoms with Crippen molar-refractivity contribution in [2.75, 3.05) is 26.0 Å². The van der Waals surface area contributed by atoms with Crippen LogP contribution in [0.15, 0.2) is 0 Å². The predicted octanol–water partition coefficient (Wildman–Crippen LogP) is -0.540. The molecule has 19 heavy (non-hydrogen) atoms.